The standard InChI is InChI=1S/C11H13N5O2/c12-5-7-3-1-2-4-8(7)6-13-9-10(17)14-11(18)16-15-9/h1-4H,5-6,12H2,(H,13,15)(H2,14,16,17,18). The van der Waals surface area contributed by atoms with Gasteiger partial charge in [0.15, 0.2) is 0 Å². The topological polar surface area (TPSA) is 117 Å². The molecule has 0 radical (unpaired) electrons. The van der Waals surface area contributed by atoms with Gasteiger partial charge in [-0.3, -0.25) is 9.78 Å². The Morgan fingerprint density at radius 3 is 2.61 bits per heavy atom. The van der Waals surface area contributed by atoms with Crippen LogP contribution in [0.5, 0.6) is 0 Å². The van der Waals surface area contributed by atoms with Gasteiger partial charge in [0.1, 0.15) is 0 Å². The number of nitrogens with two attached hydrogens (primary N) is 1. The van der Waals surface area contributed by atoms with Gasteiger partial charge in [-0.1, -0.05) is 24.3 Å². The molecule has 0 saturated carbocycles. The lowest BCUT2D eigenvalue weighted by Gasteiger charge is -2.08. The molecule has 0 unspecified atom stereocenters. The van der Waals surface area contributed by atoms with E-state index < -0.39 is 11.2 Å². The van der Waals surface area contributed by atoms with Crippen LogP contribution in [-0.4, -0.2) is 15.2 Å². The summed E-state index contributed by atoms with van der Waals surface area (Å²) >= 11 is 0. The van der Waals surface area contributed by atoms with E-state index in [-0.39, 0.29) is 5.82 Å². The van der Waals surface area contributed by atoms with Crippen molar-refractivity contribution in [2.75, 3.05) is 5.32 Å². The molecule has 1 aromatic heterocycles. The zero-order valence-corrected chi connectivity index (χ0v) is 9.56. The molecule has 5 N–H and O–H groups in total. The van der Waals surface area contributed by atoms with Crippen molar-refractivity contribution in [2.24, 2.45) is 5.73 Å². The van der Waals surface area contributed by atoms with Gasteiger partial charge in [-0.2, -0.15) is 0 Å². The number of anilines is 1. The Kier molecular flexibility index (Phi) is 3.54. The Morgan fingerprint density at radius 1 is 1.22 bits per heavy atom. The van der Waals surface area contributed by atoms with Crippen molar-refractivity contribution in [3.8, 4) is 0 Å². The van der Waals surface area contributed by atoms with E-state index in [4.69, 9.17) is 5.73 Å². The number of H-pyrrole nitrogens is 2. The summed E-state index contributed by atoms with van der Waals surface area (Å²) in [5.74, 6) is 0.0708. The van der Waals surface area contributed by atoms with Gasteiger partial charge in [0, 0.05) is 13.1 Å². The number of rotatable bonds is 4. The van der Waals surface area contributed by atoms with Gasteiger partial charge in [0.25, 0.3) is 5.56 Å². The van der Waals surface area contributed by atoms with Crippen LogP contribution in [-0.2, 0) is 13.1 Å². The largest absolute Gasteiger partial charge is 0.360 e. The number of nitrogens with zero attached hydrogens (tertiary/aromatic N) is 1. The van der Waals surface area contributed by atoms with Crippen molar-refractivity contribution in [1.82, 2.24) is 15.2 Å². The highest BCUT2D eigenvalue weighted by atomic mass is 16.2. The summed E-state index contributed by atoms with van der Waals surface area (Å²) in [5.41, 5.74) is 6.40. The third kappa shape index (κ3) is 2.64. The molecule has 1 aromatic carbocycles. The van der Waals surface area contributed by atoms with E-state index in [0.29, 0.717) is 13.1 Å². The van der Waals surface area contributed by atoms with Gasteiger partial charge in [0.05, 0.1) is 0 Å². The van der Waals surface area contributed by atoms with Crippen molar-refractivity contribution in [3.63, 3.8) is 0 Å². The quantitative estimate of drug-likeness (QED) is 0.582. The van der Waals surface area contributed by atoms with Crippen LogP contribution >= 0.6 is 0 Å². The fourth-order valence-electron chi connectivity index (χ4n) is 1.58. The van der Waals surface area contributed by atoms with E-state index >= 15 is 0 Å². The molecule has 2 rings (SSSR count). The maximum Gasteiger partial charge on any atom is 0.342 e. The third-order valence-electron chi connectivity index (χ3n) is 2.50. The zero-order chi connectivity index (χ0) is 13.0. The van der Waals surface area contributed by atoms with Crippen LogP contribution in [0.1, 0.15) is 11.1 Å². The smallest absolute Gasteiger partial charge is 0.342 e. The van der Waals surface area contributed by atoms with E-state index in [1.165, 1.54) is 0 Å². The minimum Gasteiger partial charge on any atom is -0.360 e. The lowest BCUT2D eigenvalue weighted by Crippen LogP contribution is -2.26. The van der Waals surface area contributed by atoms with Crippen molar-refractivity contribution in [3.05, 3.63) is 56.2 Å². The van der Waals surface area contributed by atoms with E-state index in [1.54, 1.807) is 0 Å². The summed E-state index contributed by atoms with van der Waals surface area (Å²) in [7, 11) is 0. The molecule has 0 atom stereocenters. The Labute approximate surface area is 102 Å². The summed E-state index contributed by atoms with van der Waals surface area (Å²) in [6.45, 7) is 0.836. The molecule has 1 heterocycles. The molecule has 0 spiro atoms. The molecular formula is C11H13N5O2. The molecule has 0 fully saturated rings. The number of nitrogens with one attached hydrogen (secondary N) is 3. The van der Waals surface area contributed by atoms with Gasteiger partial charge in [0.2, 0.25) is 5.82 Å². The van der Waals surface area contributed by atoms with Crippen LogP contribution in [0.3, 0.4) is 0 Å². The van der Waals surface area contributed by atoms with Crippen molar-refractivity contribution >= 4 is 5.82 Å². The first-order chi connectivity index (χ1) is 8.70. The van der Waals surface area contributed by atoms with E-state index in [9.17, 15) is 9.59 Å². The monoisotopic (exact) mass is 247 g/mol. The first kappa shape index (κ1) is 12.1. The number of benzene rings is 1. The first-order valence-electron chi connectivity index (χ1n) is 5.40. The fraction of sp³-hybridized carbons (Fsp3) is 0.182. The first-order valence-corrected chi connectivity index (χ1v) is 5.40. The Morgan fingerprint density at radius 2 is 1.94 bits per heavy atom. The molecule has 7 nitrogen and oxygen atoms in total. The van der Waals surface area contributed by atoms with Crippen LogP contribution in [0.2, 0.25) is 0 Å². The van der Waals surface area contributed by atoms with Gasteiger partial charge < -0.3 is 11.1 Å². The Hall–Kier alpha value is -2.41. The highest BCUT2D eigenvalue weighted by Gasteiger charge is 2.03. The van der Waals surface area contributed by atoms with E-state index in [0.717, 1.165) is 11.1 Å². The van der Waals surface area contributed by atoms with Crippen molar-refractivity contribution in [2.45, 2.75) is 13.1 Å². The maximum atomic E-state index is 11.4. The van der Waals surface area contributed by atoms with Crippen LogP contribution in [0.15, 0.2) is 33.9 Å². The van der Waals surface area contributed by atoms with E-state index in [2.05, 4.69) is 20.5 Å². The number of hydrogen-bond acceptors (Lipinski definition) is 5. The molecule has 7 heteroatoms. The summed E-state index contributed by atoms with van der Waals surface area (Å²) in [6, 6.07) is 7.62. The summed E-state index contributed by atoms with van der Waals surface area (Å²) < 4.78 is 0. The second kappa shape index (κ2) is 5.28. The molecule has 18 heavy (non-hydrogen) atoms. The fourth-order valence-corrected chi connectivity index (χ4v) is 1.58. The molecular weight excluding hydrogens is 234 g/mol. The third-order valence-corrected chi connectivity index (χ3v) is 2.50. The average molecular weight is 247 g/mol. The number of aromatic nitrogens is 3. The van der Waals surface area contributed by atoms with Gasteiger partial charge in [-0.25, -0.2) is 9.89 Å². The predicted octanol–water partition coefficient (Wildman–Crippen LogP) is -0.471. The van der Waals surface area contributed by atoms with Crippen LogP contribution in [0.25, 0.3) is 0 Å². The van der Waals surface area contributed by atoms with E-state index in [1.807, 2.05) is 24.3 Å². The SMILES string of the molecule is NCc1ccccc1CNc1n[nH]c(=O)[nH]c1=O. The normalized spacial score (nSPS) is 10.3. The summed E-state index contributed by atoms with van der Waals surface area (Å²) in [4.78, 5) is 24.3. The van der Waals surface area contributed by atoms with Gasteiger partial charge in [-0.15, -0.1) is 5.10 Å². The summed E-state index contributed by atoms with van der Waals surface area (Å²) in [6.07, 6.45) is 0. The highest BCUT2D eigenvalue weighted by Crippen LogP contribution is 2.08. The molecule has 0 aliphatic rings. The van der Waals surface area contributed by atoms with Crippen LogP contribution < -0.4 is 22.3 Å². The average Bonchev–Trinajstić information content (AvgIpc) is 2.38. The zero-order valence-electron chi connectivity index (χ0n) is 9.56. The Bertz CT molecular complexity index is 646. The maximum absolute atomic E-state index is 11.4. The van der Waals surface area contributed by atoms with Crippen LogP contribution in [0.4, 0.5) is 5.82 Å². The van der Waals surface area contributed by atoms with Crippen LogP contribution in [0, 0.1) is 0 Å². The molecule has 94 valence electrons. The van der Waals surface area contributed by atoms with Gasteiger partial charge >= 0.3 is 5.69 Å². The van der Waals surface area contributed by atoms with Crippen molar-refractivity contribution in [1.29, 1.82) is 0 Å². The number of aromatic amines is 2. The highest BCUT2D eigenvalue weighted by molar-refractivity contribution is 5.34. The lowest BCUT2D eigenvalue weighted by molar-refractivity contribution is 0.880. The predicted molar refractivity (Wildman–Crippen MR) is 67.1 cm³/mol. The Balaban J connectivity index is 2.16. The number of hydrogen-bond donors (Lipinski definition) is 4. The molecule has 0 amide bonds. The molecule has 0 aliphatic heterocycles. The minimum absolute atomic E-state index is 0.0708. The lowest BCUT2D eigenvalue weighted by atomic mass is 10.1. The second-order valence-corrected chi connectivity index (χ2v) is 3.68. The molecule has 0 bridgehead atoms. The minimum atomic E-state index is -0.632. The summed E-state index contributed by atoms with van der Waals surface area (Å²) in [5, 5.41) is 8.63. The molecule has 0 aliphatic carbocycles. The van der Waals surface area contributed by atoms with Gasteiger partial charge in [-0.05, 0) is 11.1 Å². The second-order valence-electron chi connectivity index (χ2n) is 3.68. The molecule has 2 aromatic rings. The molecule has 0 saturated heterocycles. The van der Waals surface area contributed by atoms with Crippen molar-refractivity contribution < 1.29 is 0 Å².